The lowest BCUT2D eigenvalue weighted by molar-refractivity contribution is -0.192. The molecule has 1 aliphatic heterocycles. The number of nitrogen functional groups attached to an aromatic ring is 1. The van der Waals surface area contributed by atoms with Gasteiger partial charge in [0.2, 0.25) is 0 Å². The van der Waals surface area contributed by atoms with Gasteiger partial charge in [0.15, 0.2) is 5.75 Å². The number of anilines is 1. The second-order valence-corrected chi connectivity index (χ2v) is 3.62. The second kappa shape index (κ2) is 5.31. The van der Waals surface area contributed by atoms with Gasteiger partial charge in [-0.1, -0.05) is 6.07 Å². The molecule has 106 valence electrons. The van der Waals surface area contributed by atoms with Crippen LogP contribution in [0.15, 0.2) is 12.1 Å². The lowest BCUT2D eigenvalue weighted by Crippen LogP contribution is -2.21. The zero-order valence-electron chi connectivity index (χ0n) is 9.58. The van der Waals surface area contributed by atoms with Gasteiger partial charge in [0.1, 0.15) is 11.5 Å². The average Bonchev–Trinajstić information content (AvgIpc) is 2.66. The molecule has 4 N–H and O–H groups in total. The van der Waals surface area contributed by atoms with E-state index >= 15 is 0 Å². The molecule has 0 radical (unpaired) electrons. The maximum Gasteiger partial charge on any atom is 0.490 e. The summed E-state index contributed by atoms with van der Waals surface area (Å²) in [7, 11) is 0. The highest BCUT2D eigenvalue weighted by molar-refractivity contribution is 5.73. The van der Waals surface area contributed by atoms with Crippen molar-refractivity contribution >= 4 is 11.7 Å². The second-order valence-electron chi connectivity index (χ2n) is 3.62. The molecule has 0 aromatic heterocycles. The number of rotatable bonds is 0. The molecule has 1 heterocycles. The third-order valence-corrected chi connectivity index (χ3v) is 2.22. The first-order valence-corrected chi connectivity index (χ1v) is 4.95. The number of benzene rings is 1. The number of hydrogen-bond acceptors (Lipinski definition) is 4. The molecule has 2 rings (SSSR count). The highest BCUT2D eigenvalue weighted by Crippen LogP contribution is 2.36. The molecule has 0 bridgehead atoms. The lowest BCUT2D eigenvalue weighted by Gasteiger charge is -2.01. The van der Waals surface area contributed by atoms with Gasteiger partial charge in [0.25, 0.3) is 0 Å². The van der Waals surface area contributed by atoms with E-state index < -0.39 is 18.0 Å². The number of fused-ring (bicyclic) bond motifs is 1. The number of nitrogens with two attached hydrogens (primary N) is 1. The Morgan fingerprint density at radius 1 is 1.47 bits per heavy atom. The maximum atomic E-state index is 12.9. The van der Waals surface area contributed by atoms with Crippen LogP contribution in [0.25, 0.3) is 0 Å². The summed E-state index contributed by atoms with van der Waals surface area (Å²) in [6.45, 7) is 1.92. The summed E-state index contributed by atoms with van der Waals surface area (Å²) >= 11 is 0. The standard InChI is InChI=1S/C8H9FN2O.C2HF3O2/c1-4-5-2-3-6(9)7(10)8(5)12-11-4;3-2(4,5)1(6)7/h2-4,11H,10H2,1H3;(H,6,7). The van der Waals surface area contributed by atoms with Crippen LogP contribution in [0.5, 0.6) is 5.75 Å². The zero-order valence-corrected chi connectivity index (χ0v) is 9.58. The van der Waals surface area contributed by atoms with Crippen LogP contribution >= 0.6 is 0 Å². The van der Waals surface area contributed by atoms with Crippen molar-refractivity contribution in [2.24, 2.45) is 0 Å². The SMILES string of the molecule is CC1NOc2c1ccc(F)c2N.O=C(O)C(F)(F)F. The Bertz CT molecular complexity index is 490. The Kier molecular flexibility index (Phi) is 4.20. The number of aliphatic carboxylic acids is 1. The van der Waals surface area contributed by atoms with Crippen LogP contribution in [0.3, 0.4) is 0 Å². The Morgan fingerprint density at radius 3 is 2.47 bits per heavy atom. The summed E-state index contributed by atoms with van der Waals surface area (Å²) < 4.78 is 44.6. The van der Waals surface area contributed by atoms with Gasteiger partial charge < -0.3 is 15.7 Å². The van der Waals surface area contributed by atoms with Crippen molar-refractivity contribution in [3.8, 4) is 5.75 Å². The molecule has 0 spiro atoms. The molecule has 1 aromatic carbocycles. The summed E-state index contributed by atoms with van der Waals surface area (Å²) in [5.74, 6) is -2.78. The van der Waals surface area contributed by atoms with Crippen molar-refractivity contribution in [1.29, 1.82) is 0 Å². The van der Waals surface area contributed by atoms with E-state index in [1.807, 2.05) is 6.92 Å². The van der Waals surface area contributed by atoms with Crippen molar-refractivity contribution in [3.63, 3.8) is 0 Å². The van der Waals surface area contributed by atoms with E-state index in [0.29, 0.717) is 5.75 Å². The van der Waals surface area contributed by atoms with Crippen LogP contribution in [0.4, 0.5) is 23.2 Å². The molecule has 5 nitrogen and oxygen atoms in total. The molecule has 1 aromatic rings. The van der Waals surface area contributed by atoms with Gasteiger partial charge in [0, 0.05) is 5.56 Å². The zero-order chi connectivity index (χ0) is 14.8. The van der Waals surface area contributed by atoms with Crippen molar-refractivity contribution in [2.75, 3.05) is 5.73 Å². The van der Waals surface area contributed by atoms with Gasteiger partial charge in [0.05, 0.1) is 6.04 Å². The Balaban J connectivity index is 0.000000224. The van der Waals surface area contributed by atoms with Crippen LogP contribution in [0, 0.1) is 5.82 Å². The summed E-state index contributed by atoms with van der Waals surface area (Å²) in [6.07, 6.45) is -5.08. The first-order chi connectivity index (χ1) is 8.64. The Hall–Kier alpha value is -2.03. The molecule has 0 saturated heterocycles. The summed E-state index contributed by atoms with van der Waals surface area (Å²) in [4.78, 5) is 13.9. The highest BCUT2D eigenvalue weighted by Gasteiger charge is 2.38. The van der Waals surface area contributed by atoms with Crippen LogP contribution < -0.4 is 16.1 Å². The minimum Gasteiger partial charge on any atom is -0.475 e. The topological polar surface area (TPSA) is 84.6 Å². The van der Waals surface area contributed by atoms with Crippen LogP contribution in [-0.2, 0) is 4.79 Å². The van der Waals surface area contributed by atoms with Crippen LogP contribution in [-0.4, -0.2) is 17.3 Å². The highest BCUT2D eigenvalue weighted by atomic mass is 19.4. The minimum absolute atomic E-state index is 0.0721. The summed E-state index contributed by atoms with van der Waals surface area (Å²) in [5.41, 5.74) is 9.13. The molecule has 0 saturated carbocycles. The van der Waals surface area contributed by atoms with Gasteiger partial charge in [-0.15, -0.1) is 5.48 Å². The molecule has 19 heavy (non-hydrogen) atoms. The summed E-state index contributed by atoms with van der Waals surface area (Å²) in [5, 5.41) is 7.12. The third kappa shape index (κ3) is 3.47. The van der Waals surface area contributed by atoms with Gasteiger partial charge in [-0.3, -0.25) is 0 Å². The van der Waals surface area contributed by atoms with Crippen molar-refractivity contribution in [2.45, 2.75) is 19.1 Å². The number of alkyl halides is 3. The fourth-order valence-electron chi connectivity index (χ4n) is 1.26. The van der Waals surface area contributed by atoms with E-state index in [-0.39, 0.29) is 11.7 Å². The molecular formula is C10H10F4N2O3. The molecule has 9 heteroatoms. The van der Waals surface area contributed by atoms with Gasteiger partial charge in [-0.2, -0.15) is 13.2 Å². The number of nitrogens with one attached hydrogen (secondary N) is 1. The van der Waals surface area contributed by atoms with E-state index in [1.165, 1.54) is 6.07 Å². The third-order valence-electron chi connectivity index (χ3n) is 2.22. The number of carboxylic acids is 1. The molecule has 0 amide bonds. The number of carboxylic acid groups (broad SMARTS) is 1. The first-order valence-electron chi connectivity index (χ1n) is 4.95. The Morgan fingerprint density at radius 2 is 2.00 bits per heavy atom. The molecule has 1 unspecified atom stereocenters. The fourth-order valence-corrected chi connectivity index (χ4v) is 1.26. The van der Waals surface area contributed by atoms with Gasteiger partial charge in [-0.05, 0) is 13.0 Å². The van der Waals surface area contributed by atoms with Crippen molar-refractivity contribution in [3.05, 3.63) is 23.5 Å². The van der Waals surface area contributed by atoms with Gasteiger partial charge in [-0.25, -0.2) is 9.18 Å². The normalized spacial score (nSPS) is 17.0. The number of hydroxylamine groups is 1. The van der Waals surface area contributed by atoms with Crippen LogP contribution in [0.2, 0.25) is 0 Å². The number of hydrogen-bond donors (Lipinski definition) is 3. The van der Waals surface area contributed by atoms with Crippen molar-refractivity contribution in [1.82, 2.24) is 5.48 Å². The van der Waals surface area contributed by atoms with E-state index in [0.717, 1.165) is 5.56 Å². The molecule has 1 atom stereocenters. The van der Waals surface area contributed by atoms with E-state index in [9.17, 15) is 17.6 Å². The Labute approximate surface area is 104 Å². The van der Waals surface area contributed by atoms with Crippen LogP contribution in [0.1, 0.15) is 18.5 Å². The van der Waals surface area contributed by atoms with Gasteiger partial charge >= 0.3 is 12.1 Å². The smallest absolute Gasteiger partial charge is 0.475 e. The van der Waals surface area contributed by atoms with Crippen molar-refractivity contribution < 1.29 is 32.3 Å². The number of halogens is 4. The maximum absolute atomic E-state index is 12.9. The predicted molar refractivity (Wildman–Crippen MR) is 56.7 cm³/mol. The summed E-state index contributed by atoms with van der Waals surface area (Å²) in [6, 6.07) is 3.09. The molecule has 1 aliphatic rings. The predicted octanol–water partition coefficient (Wildman–Crippen LogP) is 2.00. The molecular weight excluding hydrogens is 272 g/mol. The average molecular weight is 282 g/mol. The quantitative estimate of drug-likeness (QED) is 0.500. The first kappa shape index (κ1) is 15.0. The molecule has 0 aliphatic carbocycles. The van der Waals surface area contributed by atoms with E-state index in [2.05, 4.69) is 5.48 Å². The minimum atomic E-state index is -5.08. The largest absolute Gasteiger partial charge is 0.490 e. The lowest BCUT2D eigenvalue weighted by atomic mass is 10.1. The number of carbonyl (C=O) groups is 1. The van der Waals surface area contributed by atoms with E-state index in [4.69, 9.17) is 20.5 Å². The monoisotopic (exact) mass is 282 g/mol. The fraction of sp³-hybridized carbons (Fsp3) is 0.300. The molecule has 0 fully saturated rings. The van der Waals surface area contributed by atoms with E-state index in [1.54, 1.807) is 6.07 Å².